The van der Waals surface area contributed by atoms with Gasteiger partial charge in [0.05, 0.1) is 0 Å². The van der Waals surface area contributed by atoms with Crippen LogP contribution in [-0.2, 0) is 6.54 Å². The van der Waals surface area contributed by atoms with Gasteiger partial charge in [-0.15, -0.1) is 0 Å². The predicted octanol–water partition coefficient (Wildman–Crippen LogP) is 1.14. The summed E-state index contributed by atoms with van der Waals surface area (Å²) >= 11 is 2.16. The molecule has 1 aromatic heterocycles. The number of hydrogen-bond donors (Lipinski definition) is 1. The van der Waals surface area contributed by atoms with Gasteiger partial charge in [-0.1, -0.05) is 6.07 Å². The van der Waals surface area contributed by atoms with Gasteiger partial charge in [0.2, 0.25) is 0 Å². The van der Waals surface area contributed by atoms with Crippen LogP contribution in [0, 0.1) is 3.70 Å². The molecule has 1 heterocycles. The van der Waals surface area contributed by atoms with Gasteiger partial charge in [0.1, 0.15) is 3.70 Å². The van der Waals surface area contributed by atoms with Gasteiger partial charge in [0.15, 0.2) is 0 Å². The van der Waals surface area contributed by atoms with E-state index in [1.807, 2.05) is 12.1 Å². The van der Waals surface area contributed by atoms with Crippen molar-refractivity contribution in [1.29, 1.82) is 0 Å². The van der Waals surface area contributed by atoms with Crippen molar-refractivity contribution in [2.45, 2.75) is 6.54 Å². The molecule has 0 spiro atoms. The van der Waals surface area contributed by atoms with Crippen LogP contribution >= 0.6 is 22.6 Å². The van der Waals surface area contributed by atoms with E-state index in [0.717, 1.165) is 9.26 Å². The third-order valence-corrected chi connectivity index (χ3v) is 1.66. The highest BCUT2D eigenvalue weighted by atomic mass is 127. The van der Waals surface area contributed by atoms with Crippen molar-refractivity contribution < 1.29 is 0 Å². The Morgan fingerprint density at radius 3 is 2.78 bits per heavy atom. The highest BCUT2D eigenvalue weighted by molar-refractivity contribution is 14.1. The second kappa shape index (κ2) is 3.12. The molecule has 0 bridgehead atoms. The molecule has 0 saturated heterocycles. The van der Waals surface area contributed by atoms with Crippen LogP contribution in [0.1, 0.15) is 5.56 Å². The minimum absolute atomic E-state index is 0.573. The lowest BCUT2D eigenvalue weighted by Crippen LogP contribution is -1.96. The first-order valence-corrected chi connectivity index (χ1v) is 3.71. The highest BCUT2D eigenvalue weighted by Gasteiger charge is 1.87. The van der Waals surface area contributed by atoms with Crippen molar-refractivity contribution in [1.82, 2.24) is 4.98 Å². The van der Waals surface area contributed by atoms with Crippen molar-refractivity contribution in [3.05, 3.63) is 27.6 Å². The molecule has 0 aliphatic rings. The number of rotatable bonds is 1. The average Bonchev–Trinajstić information content (AvgIpc) is 1.90. The van der Waals surface area contributed by atoms with Crippen molar-refractivity contribution in [3.8, 4) is 0 Å². The molecule has 9 heavy (non-hydrogen) atoms. The summed E-state index contributed by atoms with van der Waals surface area (Å²) in [6.07, 6.45) is 1.79. The molecule has 0 radical (unpaired) electrons. The molecule has 1 aromatic rings. The summed E-state index contributed by atoms with van der Waals surface area (Å²) in [6.45, 7) is 0.573. The zero-order valence-electron chi connectivity index (χ0n) is 4.84. The predicted molar refractivity (Wildman–Crippen MR) is 44.8 cm³/mol. The second-order valence-electron chi connectivity index (χ2n) is 1.69. The number of hydrogen-bond acceptors (Lipinski definition) is 2. The second-order valence-corrected chi connectivity index (χ2v) is 2.80. The van der Waals surface area contributed by atoms with Crippen LogP contribution < -0.4 is 5.73 Å². The fraction of sp³-hybridized carbons (Fsp3) is 0.167. The molecule has 2 N–H and O–H groups in total. The summed E-state index contributed by atoms with van der Waals surface area (Å²) in [5.74, 6) is 0. The smallest absolute Gasteiger partial charge is 0.101 e. The Bertz CT molecular complexity index is 183. The molecule has 1 rings (SSSR count). The Labute approximate surface area is 67.6 Å². The number of halogens is 1. The monoisotopic (exact) mass is 234 g/mol. The summed E-state index contributed by atoms with van der Waals surface area (Å²) in [5, 5.41) is 0. The van der Waals surface area contributed by atoms with E-state index in [1.165, 1.54) is 0 Å². The van der Waals surface area contributed by atoms with Crippen LogP contribution in [0.15, 0.2) is 18.3 Å². The van der Waals surface area contributed by atoms with E-state index >= 15 is 0 Å². The Morgan fingerprint density at radius 1 is 1.56 bits per heavy atom. The lowest BCUT2D eigenvalue weighted by atomic mass is 10.3. The Hall–Kier alpha value is -0.160. The van der Waals surface area contributed by atoms with Crippen molar-refractivity contribution in [3.63, 3.8) is 0 Å². The molecule has 2 nitrogen and oxygen atoms in total. The zero-order chi connectivity index (χ0) is 6.69. The van der Waals surface area contributed by atoms with Gasteiger partial charge in [-0.05, 0) is 34.2 Å². The lowest BCUT2D eigenvalue weighted by molar-refractivity contribution is 1.04. The molecule has 3 heteroatoms. The highest BCUT2D eigenvalue weighted by Crippen LogP contribution is 2.00. The number of nitrogens with two attached hydrogens (primary N) is 1. The third-order valence-electron chi connectivity index (χ3n) is 1.02. The van der Waals surface area contributed by atoms with E-state index in [0.29, 0.717) is 6.54 Å². The van der Waals surface area contributed by atoms with E-state index in [4.69, 9.17) is 5.73 Å². The summed E-state index contributed by atoms with van der Waals surface area (Å²) < 4.78 is 1.00. The van der Waals surface area contributed by atoms with Crippen LogP contribution in [0.4, 0.5) is 0 Å². The van der Waals surface area contributed by atoms with E-state index in [-0.39, 0.29) is 0 Å². The first kappa shape index (κ1) is 6.95. The summed E-state index contributed by atoms with van der Waals surface area (Å²) in [7, 11) is 0. The molecule has 48 valence electrons. The minimum atomic E-state index is 0.573. The first-order chi connectivity index (χ1) is 4.33. The van der Waals surface area contributed by atoms with Crippen LogP contribution in [0.25, 0.3) is 0 Å². The molecule has 0 aromatic carbocycles. The average molecular weight is 234 g/mol. The largest absolute Gasteiger partial charge is 0.326 e. The molecule has 0 aliphatic carbocycles. The fourth-order valence-corrected chi connectivity index (χ4v) is 0.846. The van der Waals surface area contributed by atoms with Crippen LogP contribution in [0.5, 0.6) is 0 Å². The van der Waals surface area contributed by atoms with E-state index in [9.17, 15) is 0 Å². The van der Waals surface area contributed by atoms with E-state index in [1.54, 1.807) is 6.20 Å². The topological polar surface area (TPSA) is 38.9 Å². The Morgan fingerprint density at radius 2 is 2.33 bits per heavy atom. The van der Waals surface area contributed by atoms with Crippen molar-refractivity contribution in [2.75, 3.05) is 0 Å². The van der Waals surface area contributed by atoms with Gasteiger partial charge in [-0.3, -0.25) is 4.98 Å². The van der Waals surface area contributed by atoms with Gasteiger partial charge >= 0.3 is 0 Å². The number of pyridine rings is 1. The molecular weight excluding hydrogens is 227 g/mol. The molecule has 0 fully saturated rings. The SMILES string of the molecule is NCc1ccc(I)nc1. The maximum absolute atomic E-state index is 5.36. The molecule has 0 saturated carbocycles. The quantitative estimate of drug-likeness (QED) is 0.584. The summed E-state index contributed by atoms with van der Waals surface area (Å²) in [5.41, 5.74) is 6.44. The first-order valence-electron chi connectivity index (χ1n) is 2.63. The summed E-state index contributed by atoms with van der Waals surface area (Å²) in [4.78, 5) is 4.06. The lowest BCUT2D eigenvalue weighted by Gasteiger charge is -1.92. The molecular formula is C6H7IN2. The number of nitrogens with zero attached hydrogens (tertiary/aromatic N) is 1. The number of aromatic nitrogens is 1. The van der Waals surface area contributed by atoms with E-state index < -0.39 is 0 Å². The molecule has 0 amide bonds. The van der Waals surface area contributed by atoms with Crippen LogP contribution in [-0.4, -0.2) is 4.98 Å². The Kier molecular flexibility index (Phi) is 2.41. The van der Waals surface area contributed by atoms with Crippen LogP contribution in [0.3, 0.4) is 0 Å². The maximum Gasteiger partial charge on any atom is 0.101 e. The standard InChI is InChI=1S/C6H7IN2/c7-6-2-1-5(3-8)4-9-6/h1-2,4H,3,8H2. The van der Waals surface area contributed by atoms with Gasteiger partial charge in [-0.2, -0.15) is 0 Å². The molecule has 0 aliphatic heterocycles. The molecule has 0 unspecified atom stereocenters. The van der Waals surface area contributed by atoms with Crippen molar-refractivity contribution in [2.24, 2.45) is 5.73 Å². The molecule has 0 atom stereocenters. The zero-order valence-corrected chi connectivity index (χ0v) is 7.00. The third kappa shape index (κ3) is 1.91. The van der Waals surface area contributed by atoms with Gasteiger partial charge in [0.25, 0.3) is 0 Å². The maximum atomic E-state index is 5.36. The van der Waals surface area contributed by atoms with Gasteiger partial charge in [-0.25, -0.2) is 0 Å². The van der Waals surface area contributed by atoms with Gasteiger partial charge < -0.3 is 5.73 Å². The minimum Gasteiger partial charge on any atom is -0.326 e. The van der Waals surface area contributed by atoms with Gasteiger partial charge in [0, 0.05) is 12.7 Å². The normalized spacial score (nSPS) is 9.56. The van der Waals surface area contributed by atoms with Crippen molar-refractivity contribution >= 4 is 22.6 Å². The fourth-order valence-electron chi connectivity index (χ4n) is 0.527. The van der Waals surface area contributed by atoms with E-state index in [2.05, 4.69) is 27.6 Å². The van der Waals surface area contributed by atoms with Crippen LogP contribution in [0.2, 0.25) is 0 Å². The Balaban J connectivity index is 2.88. The summed E-state index contributed by atoms with van der Waals surface area (Å²) in [6, 6.07) is 3.93.